The van der Waals surface area contributed by atoms with E-state index in [2.05, 4.69) is 49.7 Å². The Morgan fingerprint density at radius 2 is 2.16 bits per heavy atom. The van der Waals surface area contributed by atoms with Crippen LogP contribution in [-0.4, -0.2) is 35.1 Å². The normalized spacial score (nSPS) is 23.9. The van der Waals surface area contributed by atoms with Gasteiger partial charge in [0.15, 0.2) is 5.13 Å². The molecule has 0 radical (unpaired) electrons. The first-order chi connectivity index (χ1) is 9.17. The maximum Gasteiger partial charge on any atom is 0.186 e. The summed E-state index contributed by atoms with van der Waals surface area (Å²) in [4.78, 5) is 8.80. The summed E-state index contributed by atoms with van der Waals surface area (Å²) in [5, 5.41) is 5.34. The van der Waals surface area contributed by atoms with E-state index in [1.165, 1.54) is 21.5 Å². The zero-order chi connectivity index (χ0) is 13.8. The van der Waals surface area contributed by atoms with Crippen LogP contribution in [-0.2, 0) is 13.0 Å². The van der Waals surface area contributed by atoms with Gasteiger partial charge in [-0.05, 0) is 19.9 Å². The van der Waals surface area contributed by atoms with Crippen molar-refractivity contribution in [1.29, 1.82) is 0 Å². The first kappa shape index (κ1) is 15.1. The number of nitrogens with one attached hydrogen (secondary N) is 1. The molecular weight excluding hydrogens is 274 g/mol. The fourth-order valence-electron chi connectivity index (χ4n) is 2.35. The largest absolute Gasteiger partial charge is 0.343 e. The lowest BCUT2D eigenvalue weighted by atomic mass is 10.2. The summed E-state index contributed by atoms with van der Waals surface area (Å²) in [5.74, 6) is 1.22. The molecule has 1 fully saturated rings. The van der Waals surface area contributed by atoms with E-state index in [1.807, 2.05) is 11.3 Å². The third-order valence-corrected chi connectivity index (χ3v) is 6.24. The molecule has 0 amide bonds. The van der Waals surface area contributed by atoms with Crippen molar-refractivity contribution in [3.05, 3.63) is 10.6 Å². The predicted octanol–water partition coefficient (Wildman–Crippen LogP) is 3.15. The molecule has 108 valence electrons. The average molecular weight is 300 g/mol. The second kappa shape index (κ2) is 6.95. The number of anilines is 1. The van der Waals surface area contributed by atoms with Gasteiger partial charge in [0.1, 0.15) is 0 Å². The van der Waals surface area contributed by atoms with Crippen molar-refractivity contribution in [2.24, 2.45) is 0 Å². The Kier molecular flexibility index (Phi) is 5.54. The predicted molar refractivity (Wildman–Crippen MR) is 87.6 cm³/mol. The molecule has 5 heteroatoms. The maximum absolute atomic E-state index is 4.89. The van der Waals surface area contributed by atoms with E-state index in [0.29, 0.717) is 11.3 Å². The van der Waals surface area contributed by atoms with Crippen LogP contribution in [0.1, 0.15) is 38.3 Å². The maximum atomic E-state index is 4.89. The van der Waals surface area contributed by atoms with Crippen molar-refractivity contribution < 1.29 is 0 Å². The van der Waals surface area contributed by atoms with Crippen LogP contribution in [0.2, 0.25) is 0 Å². The molecule has 2 unspecified atom stereocenters. The highest BCUT2D eigenvalue weighted by Gasteiger charge is 2.27. The molecule has 0 spiro atoms. The Morgan fingerprint density at radius 1 is 1.37 bits per heavy atom. The van der Waals surface area contributed by atoms with Crippen LogP contribution in [0.25, 0.3) is 0 Å². The van der Waals surface area contributed by atoms with Crippen molar-refractivity contribution in [1.82, 2.24) is 10.3 Å². The Hall–Kier alpha value is -0.260. The number of aryl methyl sites for hydroxylation is 1. The van der Waals surface area contributed by atoms with Gasteiger partial charge in [0.05, 0.1) is 5.69 Å². The van der Waals surface area contributed by atoms with E-state index in [1.54, 1.807) is 0 Å². The van der Waals surface area contributed by atoms with Gasteiger partial charge in [0.25, 0.3) is 0 Å². The SMILES string of the molecule is CCNCc1sc(N2CCSC(C)C2C)nc1CC. The quantitative estimate of drug-likeness (QED) is 0.904. The molecule has 1 aliphatic heterocycles. The molecule has 1 aliphatic rings. The minimum atomic E-state index is 0.585. The zero-order valence-corrected chi connectivity index (χ0v) is 14.0. The molecule has 2 atom stereocenters. The van der Waals surface area contributed by atoms with Crippen LogP contribution in [0.3, 0.4) is 0 Å². The Labute approximate surface area is 125 Å². The van der Waals surface area contributed by atoms with Gasteiger partial charge in [-0.2, -0.15) is 11.8 Å². The van der Waals surface area contributed by atoms with Crippen LogP contribution < -0.4 is 10.2 Å². The summed E-state index contributed by atoms with van der Waals surface area (Å²) in [6.07, 6.45) is 1.03. The highest BCUT2D eigenvalue weighted by molar-refractivity contribution is 8.00. The summed E-state index contributed by atoms with van der Waals surface area (Å²) in [6.45, 7) is 12.1. The third-order valence-electron chi connectivity index (χ3n) is 3.77. The van der Waals surface area contributed by atoms with Crippen molar-refractivity contribution >= 4 is 28.2 Å². The van der Waals surface area contributed by atoms with Crippen molar-refractivity contribution in [2.45, 2.75) is 52.0 Å². The lowest BCUT2D eigenvalue weighted by Gasteiger charge is -2.37. The standard InChI is InChI=1S/C14H25N3S2/c1-5-12-13(9-15-6-2)19-14(16-12)17-7-8-18-11(4)10(17)3/h10-11,15H,5-9H2,1-4H3. The van der Waals surface area contributed by atoms with Gasteiger partial charge < -0.3 is 10.2 Å². The fraction of sp³-hybridized carbons (Fsp3) is 0.786. The van der Waals surface area contributed by atoms with Gasteiger partial charge in [0, 0.05) is 35.0 Å². The number of thioether (sulfide) groups is 1. The van der Waals surface area contributed by atoms with Gasteiger partial charge in [0.2, 0.25) is 0 Å². The number of rotatable bonds is 5. The van der Waals surface area contributed by atoms with Crippen LogP contribution in [0.4, 0.5) is 5.13 Å². The number of hydrogen-bond acceptors (Lipinski definition) is 5. The number of nitrogens with zero attached hydrogens (tertiary/aromatic N) is 2. The van der Waals surface area contributed by atoms with E-state index in [0.717, 1.165) is 26.1 Å². The van der Waals surface area contributed by atoms with Crippen molar-refractivity contribution in [2.75, 3.05) is 23.7 Å². The zero-order valence-electron chi connectivity index (χ0n) is 12.4. The highest BCUT2D eigenvalue weighted by atomic mass is 32.2. The summed E-state index contributed by atoms with van der Waals surface area (Å²) in [7, 11) is 0. The molecule has 1 saturated heterocycles. The fourth-order valence-corrected chi connectivity index (χ4v) is 4.68. The molecule has 1 aromatic rings. The summed E-state index contributed by atoms with van der Waals surface area (Å²) >= 11 is 3.96. The summed E-state index contributed by atoms with van der Waals surface area (Å²) in [5.41, 5.74) is 1.28. The molecule has 0 aliphatic carbocycles. The topological polar surface area (TPSA) is 28.2 Å². The third kappa shape index (κ3) is 3.44. The molecule has 1 N–H and O–H groups in total. The van der Waals surface area contributed by atoms with Gasteiger partial charge >= 0.3 is 0 Å². The minimum absolute atomic E-state index is 0.585. The van der Waals surface area contributed by atoms with E-state index < -0.39 is 0 Å². The molecule has 0 aromatic carbocycles. The molecule has 3 nitrogen and oxygen atoms in total. The Bertz CT molecular complexity index is 405. The van der Waals surface area contributed by atoms with Gasteiger partial charge in [-0.1, -0.05) is 20.8 Å². The van der Waals surface area contributed by atoms with Gasteiger partial charge in [-0.3, -0.25) is 0 Å². The molecular formula is C14H25N3S2. The van der Waals surface area contributed by atoms with E-state index >= 15 is 0 Å². The van der Waals surface area contributed by atoms with E-state index in [-0.39, 0.29) is 0 Å². The second-order valence-electron chi connectivity index (χ2n) is 5.01. The molecule has 1 aromatic heterocycles. The molecule has 2 heterocycles. The number of thiazole rings is 1. The lowest BCUT2D eigenvalue weighted by Crippen LogP contribution is -2.44. The number of hydrogen-bond donors (Lipinski definition) is 1. The first-order valence-electron chi connectivity index (χ1n) is 7.24. The molecule has 19 heavy (non-hydrogen) atoms. The molecule has 0 bridgehead atoms. The van der Waals surface area contributed by atoms with Crippen molar-refractivity contribution in [3.63, 3.8) is 0 Å². The highest BCUT2D eigenvalue weighted by Crippen LogP contribution is 2.33. The van der Waals surface area contributed by atoms with Crippen LogP contribution in [0, 0.1) is 0 Å². The van der Waals surface area contributed by atoms with Crippen LogP contribution in [0.15, 0.2) is 0 Å². The minimum Gasteiger partial charge on any atom is -0.343 e. The van der Waals surface area contributed by atoms with Crippen molar-refractivity contribution in [3.8, 4) is 0 Å². The monoisotopic (exact) mass is 299 g/mol. The van der Waals surface area contributed by atoms with Crippen LogP contribution in [0.5, 0.6) is 0 Å². The number of aromatic nitrogens is 1. The van der Waals surface area contributed by atoms with E-state index in [4.69, 9.17) is 4.98 Å². The Morgan fingerprint density at radius 3 is 2.84 bits per heavy atom. The molecule has 2 rings (SSSR count). The molecule has 0 saturated carbocycles. The first-order valence-corrected chi connectivity index (χ1v) is 9.11. The Balaban J connectivity index is 2.17. The van der Waals surface area contributed by atoms with Crippen LogP contribution >= 0.6 is 23.1 Å². The van der Waals surface area contributed by atoms with E-state index in [9.17, 15) is 0 Å². The summed E-state index contributed by atoms with van der Waals surface area (Å²) < 4.78 is 0. The van der Waals surface area contributed by atoms with Gasteiger partial charge in [-0.15, -0.1) is 11.3 Å². The average Bonchev–Trinajstić information content (AvgIpc) is 2.82. The summed E-state index contributed by atoms with van der Waals surface area (Å²) in [6, 6.07) is 0.585. The lowest BCUT2D eigenvalue weighted by molar-refractivity contribution is 0.625. The smallest absolute Gasteiger partial charge is 0.186 e. The second-order valence-corrected chi connectivity index (χ2v) is 7.56. The van der Waals surface area contributed by atoms with Gasteiger partial charge in [-0.25, -0.2) is 4.98 Å².